The van der Waals surface area contributed by atoms with Crippen LogP contribution in [-0.4, -0.2) is 30.1 Å². The minimum Gasteiger partial charge on any atom is -0.393 e. The second-order valence-corrected chi connectivity index (χ2v) is 2.32. The molecule has 1 N–H and O–H groups in total. The Hall–Kier alpha value is -0.290. The van der Waals surface area contributed by atoms with Gasteiger partial charge in [-0.1, -0.05) is 0 Å². The highest BCUT2D eigenvalue weighted by molar-refractivity contribution is 4.82. The molecule has 0 amide bonds. The van der Waals surface area contributed by atoms with Crippen LogP contribution >= 0.6 is 0 Å². The molecule has 0 heterocycles. The van der Waals surface area contributed by atoms with Crippen LogP contribution < -0.4 is 0 Å². The third-order valence-corrected chi connectivity index (χ3v) is 1.36. The second kappa shape index (κ2) is 3.40. The maximum absolute atomic E-state index is 12.0. The molecule has 68 valence electrons. The molecule has 0 spiro atoms. The van der Waals surface area contributed by atoms with E-state index in [1.54, 1.807) is 0 Å². The number of aliphatic hydroxyl groups is 1. The van der Waals surface area contributed by atoms with Crippen LogP contribution in [0.1, 0.15) is 13.8 Å². The first-order chi connectivity index (χ1) is 4.87. The zero-order valence-electron chi connectivity index (χ0n) is 6.40. The monoisotopic (exact) mass is 172 g/mol. The van der Waals surface area contributed by atoms with Crippen LogP contribution in [-0.2, 0) is 4.74 Å². The van der Waals surface area contributed by atoms with E-state index in [1.165, 1.54) is 6.92 Å². The van der Waals surface area contributed by atoms with Crippen molar-refractivity contribution < 1.29 is 23.0 Å². The van der Waals surface area contributed by atoms with Crippen molar-refractivity contribution in [2.45, 2.75) is 25.6 Å². The van der Waals surface area contributed by atoms with E-state index < -0.39 is 18.4 Å². The molecule has 0 aromatic rings. The highest BCUT2D eigenvalue weighted by atomic mass is 19.4. The van der Waals surface area contributed by atoms with E-state index in [1.807, 2.05) is 0 Å². The fourth-order valence-corrected chi connectivity index (χ4v) is 0.536. The van der Waals surface area contributed by atoms with Crippen molar-refractivity contribution in [1.29, 1.82) is 0 Å². The first-order valence-electron chi connectivity index (χ1n) is 3.19. The lowest BCUT2D eigenvalue weighted by molar-refractivity contribution is -0.279. The Balaban J connectivity index is 4.33. The third-order valence-electron chi connectivity index (χ3n) is 1.36. The Morgan fingerprint density at radius 2 is 1.82 bits per heavy atom. The van der Waals surface area contributed by atoms with Gasteiger partial charge in [0.1, 0.15) is 0 Å². The summed E-state index contributed by atoms with van der Waals surface area (Å²) in [5.41, 5.74) is -2.41. The quantitative estimate of drug-likeness (QED) is 0.696. The molecule has 0 aromatic heterocycles. The summed E-state index contributed by atoms with van der Waals surface area (Å²) in [7, 11) is 0. The van der Waals surface area contributed by atoms with Crippen LogP contribution in [0.15, 0.2) is 0 Å². The molecule has 0 fully saturated rings. The average molecular weight is 172 g/mol. The van der Waals surface area contributed by atoms with Gasteiger partial charge in [-0.3, -0.25) is 0 Å². The molecule has 0 aliphatic rings. The van der Waals surface area contributed by atoms with E-state index in [2.05, 4.69) is 4.74 Å². The first-order valence-corrected chi connectivity index (χ1v) is 3.19. The number of halogens is 3. The normalized spacial score (nSPS) is 18.0. The Labute approximate surface area is 63.0 Å². The summed E-state index contributed by atoms with van der Waals surface area (Å²) in [4.78, 5) is 0. The zero-order chi connectivity index (χ0) is 9.12. The number of rotatable bonds is 3. The fraction of sp³-hybridized carbons (Fsp3) is 1.00. The van der Waals surface area contributed by atoms with E-state index in [-0.39, 0.29) is 6.61 Å². The summed E-state index contributed by atoms with van der Waals surface area (Å²) in [6.45, 7) is 1.14. The minimum atomic E-state index is -4.52. The van der Waals surface area contributed by atoms with Crippen molar-refractivity contribution in [3.05, 3.63) is 0 Å². The molecule has 0 saturated heterocycles. The highest BCUT2D eigenvalue weighted by Gasteiger charge is 2.51. The predicted octanol–water partition coefficient (Wildman–Crippen LogP) is 1.34. The van der Waals surface area contributed by atoms with Crippen molar-refractivity contribution in [3.8, 4) is 0 Å². The molecule has 0 aliphatic carbocycles. The number of aliphatic hydroxyl groups excluding tert-OH is 1. The summed E-state index contributed by atoms with van der Waals surface area (Å²) >= 11 is 0. The largest absolute Gasteiger partial charge is 0.419 e. The summed E-state index contributed by atoms with van der Waals surface area (Å²) in [6.07, 6.45) is -4.52. The summed E-state index contributed by atoms with van der Waals surface area (Å²) in [5.74, 6) is 0. The van der Waals surface area contributed by atoms with Crippen LogP contribution in [0, 0.1) is 0 Å². The van der Waals surface area contributed by atoms with Gasteiger partial charge >= 0.3 is 6.18 Å². The fourth-order valence-electron chi connectivity index (χ4n) is 0.536. The Bertz CT molecular complexity index is 123. The molecule has 0 bridgehead atoms. The summed E-state index contributed by atoms with van der Waals surface area (Å²) in [6, 6.07) is 0. The second-order valence-electron chi connectivity index (χ2n) is 2.32. The van der Waals surface area contributed by atoms with E-state index >= 15 is 0 Å². The average Bonchev–Trinajstić information content (AvgIpc) is 1.86. The van der Waals surface area contributed by atoms with Gasteiger partial charge < -0.3 is 9.84 Å². The number of hydrogen-bond donors (Lipinski definition) is 1. The minimum absolute atomic E-state index is 0.0728. The molecule has 5 heteroatoms. The Morgan fingerprint density at radius 1 is 1.36 bits per heavy atom. The SMILES string of the molecule is CCOC(C)(CO)C(F)(F)F. The third kappa shape index (κ3) is 2.34. The molecule has 0 aromatic carbocycles. The molecule has 0 rings (SSSR count). The molecular weight excluding hydrogens is 161 g/mol. The standard InChI is InChI=1S/C6H11F3O2/c1-3-11-5(2,4-10)6(7,8)9/h10H,3-4H2,1-2H3. The van der Waals surface area contributed by atoms with Crippen LogP contribution in [0.5, 0.6) is 0 Å². The Morgan fingerprint density at radius 3 is 1.91 bits per heavy atom. The van der Waals surface area contributed by atoms with Gasteiger partial charge in [0, 0.05) is 6.61 Å². The van der Waals surface area contributed by atoms with Crippen LogP contribution in [0.4, 0.5) is 13.2 Å². The molecule has 0 radical (unpaired) electrons. The van der Waals surface area contributed by atoms with Gasteiger partial charge in [-0.15, -0.1) is 0 Å². The van der Waals surface area contributed by atoms with E-state index in [0.29, 0.717) is 0 Å². The first kappa shape index (κ1) is 10.7. The molecule has 1 atom stereocenters. The van der Waals surface area contributed by atoms with Crippen LogP contribution in [0.2, 0.25) is 0 Å². The van der Waals surface area contributed by atoms with Crippen molar-refractivity contribution in [1.82, 2.24) is 0 Å². The van der Waals surface area contributed by atoms with Crippen molar-refractivity contribution in [3.63, 3.8) is 0 Å². The highest BCUT2D eigenvalue weighted by Crippen LogP contribution is 2.32. The van der Waals surface area contributed by atoms with Gasteiger partial charge in [0.2, 0.25) is 0 Å². The molecule has 2 nitrogen and oxygen atoms in total. The molecule has 1 unspecified atom stereocenters. The van der Waals surface area contributed by atoms with Gasteiger partial charge in [-0.05, 0) is 13.8 Å². The Kier molecular flexibility index (Phi) is 3.31. The van der Waals surface area contributed by atoms with Crippen LogP contribution in [0.25, 0.3) is 0 Å². The zero-order valence-corrected chi connectivity index (χ0v) is 6.40. The number of ether oxygens (including phenoxy) is 1. The molecule has 0 aliphatic heterocycles. The van der Waals surface area contributed by atoms with Gasteiger partial charge in [0.05, 0.1) is 6.61 Å². The van der Waals surface area contributed by atoms with Crippen LogP contribution in [0.3, 0.4) is 0 Å². The smallest absolute Gasteiger partial charge is 0.393 e. The lowest BCUT2D eigenvalue weighted by Gasteiger charge is -2.29. The van der Waals surface area contributed by atoms with E-state index in [9.17, 15) is 13.2 Å². The van der Waals surface area contributed by atoms with Gasteiger partial charge in [0.15, 0.2) is 5.60 Å². The van der Waals surface area contributed by atoms with Gasteiger partial charge in [-0.25, -0.2) is 0 Å². The van der Waals surface area contributed by atoms with Crippen molar-refractivity contribution in [2.24, 2.45) is 0 Å². The summed E-state index contributed by atoms with van der Waals surface area (Å²) in [5, 5.41) is 8.41. The van der Waals surface area contributed by atoms with Gasteiger partial charge in [-0.2, -0.15) is 13.2 Å². The van der Waals surface area contributed by atoms with Crippen molar-refractivity contribution in [2.75, 3.05) is 13.2 Å². The summed E-state index contributed by atoms with van der Waals surface area (Å²) < 4.78 is 40.4. The van der Waals surface area contributed by atoms with E-state index in [4.69, 9.17) is 5.11 Å². The molecule has 0 saturated carbocycles. The van der Waals surface area contributed by atoms with Gasteiger partial charge in [0.25, 0.3) is 0 Å². The predicted molar refractivity (Wildman–Crippen MR) is 33.2 cm³/mol. The van der Waals surface area contributed by atoms with Crippen molar-refractivity contribution >= 4 is 0 Å². The number of hydrogen-bond acceptors (Lipinski definition) is 2. The topological polar surface area (TPSA) is 29.5 Å². The molecule has 11 heavy (non-hydrogen) atoms. The van der Waals surface area contributed by atoms with E-state index in [0.717, 1.165) is 6.92 Å². The lowest BCUT2D eigenvalue weighted by atomic mass is 10.1. The maximum atomic E-state index is 12.0. The number of alkyl halides is 3. The maximum Gasteiger partial charge on any atom is 0.419 e. The lowest BCUT2D eigenvalue weighted by Crippen LogP contribution is -2.48. The molecular formula is C6H11F3O2.